The van der Waals surface area contributed by atoms with Gasteiger partial charge in [0.2, 0.25) is 10.0 Å². The second kappa shape index (κ2) is 9.61. The van der Waals surface area contributed by atoms with E-state index in [2.05, 4.69) is 21.9 Å². The Labute approximate surface area is 199 Å². The number of anilines is 2. The molecule has 0 unspecified atom stereocenters. The van der Waals surface area contributed by atoms with Crippen LogP contribution >= 0.6 is 0 Å². The van der Waals surface area contributed by atoms with Crippen molar-refractivity contribution in [2.24, 2.45) is 0 Å². The lowest BCUT2D eigenvalue weighted by atomic mass is 9.96. The number of nitrogens with one attached hydrogen (secondary N) is 3. The number of aryl methyl sites for hydroxylation is 1. The molecule has 0 aliphatic rings. The third-order valence-corrected chi connectivity index (χ3v) is 6.24. The Morgan fingerprint density at radius 1 is 1.06 bits per heavy atom. The summed E-state index contributed by atoms with van der Waals surface area (Å²) in [6, 6.07) is 19.7. The molecule has 34 heavy (non-hydrogen) atoms. The van der Waals surface area contributed by atoms with Crippen LogP contribution in [0.5, 0.6) is 5.75 Å². The van der Waals surface area contributed by atoms with Gasteiger partial charge in [-0.05, 0) is 35.7 Å². The molecule has 0 saturated carbocycles. The smallest absolute Gasteiger partial charge is 0.229 e. The summed E-state index contributed by atoms with van der Waals surface area (Å²) < 4.78 is 31.4. The Bertz CT molecular complexity index is 1430. The van der Waals surface area contributed by atoms with E-state index in [0.29, 0.717) is 17.0 Å². The van der Waals surface area contributed by atoms with Crippen LogP contribution in [0, 0.1) is 0 Å². The number of sulfonamides is 1. The molecule has 7 nitrogen and oxygen atoms in total. The van der Waals surface area contributed by atoms with E-state index in [0.717, 1.165) is 34.7 Å². The lowest BCUT2D eigenvalue weighted by Crippen LogP contribution is -2.21. The van der Waals surface area contributed by atoms with Crippen molar-refractivity contribution in [3.63, 3.8) is 0 Å². The molecule has 0 amide bonds. The average molecular weight is 478 g/mol. The van der Waals surface area contributed by atoms with Crippen molar-refractivity contribution in [1.82, 2.24) is 4.98 Å². The number of hydrogen-bond donors (Lipinski definition) is 3. The number of benzene rings is 3. The number of para-hydroxylation sites is 1. The minimum Gasteiger partial charge on any atom is -0.495 e. The van der Waals surface area contributed by atoms with Crippen LogP contribution < -0.4 is 14.8 Å². The molecular weight excluding hydrogens is 450 g/mol. The van der Waals surface area contributed by atoms with E-state index in [1.54, 1.807) is 24.4 Å². The van der Waals surface area contributed by atoms with Gasteiger partial charge in [-0.15, -0.1) is 0 Å². The van der Waals surface area contributed by atoms with E-state index in [1.807, 2.05) is 48.5 Å². The highest BCUT2D eigenvalue weighted by Gasteiger charge is 2.25. The standard InChI is InChI=1S/C26H27N3O4S/c1-4-17-11-8-12-20-21(16-27-24(17)20)26(30)25(18-9-6-5-7-10-18)28-19-13-14-23(33-2)22(15-19)29-34(3,31)32/h5-16,25,27-29H,4H2,1-3H3/t25-/m1/s1. The number of hydrogen-bond acceptors (Lipinski definition) is 5. The lowest BCUT2D eigenvalue weighted by molar-refractivity contribution is 0.0971. The van der Waals surface area contributed by atoms with Gasteiger partial charge in [0.15, 0.2) is 5.78 Å². The molecule has 0 aliphatic carbocycles. The number of rotatable bonds is 9. The number of fused-ring (bicyclic) bond motifs is 1. The van der Waals surface area contributed by atoms with Gasteiger partial charge in [-0.25, -0.2) is 8.42 Å². The Morgan fingerprint density at radius 3 is 2.50 bits per heavy atom. The predicted octanol–water partition coefficient (Wildman–Crippen LogP) is 5.15. The topological polar surface area (TPSA) is 100 Å². The summed E-state index contributed by atoms with van der Waals surface area (Å²) in [5, 5.41) is 4.18. The van der Waals surface area contributed by atoms with E-state index in [-0.39, 0.29) is 11.5 Å². The van der Waals surface area contributed by atoms with Crippen LogP contribution in [-0.2, 0) is 16.4 Å². The molecule has 0 saturated heterocycles. The summed E-state index contributed by atoms with van der Waals surface area (Å²) in [4.78, 5) is 17.1. The van der Waals surface area contributed by atoms with Crippen molar-refractivity contribution >= 4 is 38.1 Å². The lowest BCUT2D eigenvalue weighted by Gasteiger charge is -2.20. The van der Waals surface area contributed by atoms with E-state index in [9.17, 15) is 13.2 Å². The fourth-order valence-electron chi connectivity index (χ4n) is 4.06. The number of carbonyl (C=O) groups excluding carboxylic acids is 1. The summed E-state index contributed by atoms with van der Waals surface area (Å²) >= 11 is 0. The van der Waals surface area contributed by atoms with Crippen molar-refractivity contribution in [1.29, 1.82) is 0 Å². The van der Waals surface area contributed by atoms with Crippen molar-refractivity contribution in [2.75, 3.05) is 23.4 Å². The van der Waals surface area contributed by atoms with Gasteiger partial charge in [0, 0.05) is 28.4 Å². The summed E-state index contributed by atoms with van der Waals surface area (Å²) in [5.41, 5.74) is 4.35. The molecular formula is C26H27N3O4S. The number of ketones is 1. The van der Waals surface area contributed by atoms with Gasteiger partial charge in [0.25, 0.3) is 0 Å². The number of H-pyrrole nitrogens is 1. The Hall–Kier alpha value is -3.78. The number of aromatic nitrogens is 1. The van der Waals surface area contributed by atoms with Crippen molar-refractivity contribution in [2.45, 2.75) is 19.4 Å². The van der Waals surface area contributed by atoms with Gasteiger partial charge in [-0.3, -0.25) is 9.52 Å². The van der Waals surface area contributed by atoms with Gasteiger partial charge < -0.3 is 15.0 Å². The normalized spacial score (nSPS) is 12.3. The molecule has 8 heteroatoms. The van der Waals surface area contributed by atoms with Crippen LogP contribution in [0.1, 0.15) is 34.5 Å². The van der Waals surface area contributed by atoms with Gasteiger partial charge in [0.1, 0.15) is 11.8 Å². The van der Waals surface area contributed by atoms with Crippen LogP contribution in [-0.4, -0.2) is 32.6 Å². The van der Waals surface area contributed by atoms with Gasteiger partial charge in [-0.2, -0.15) is 0 Å². The summed E-state index contributed by atoms with van der Waals surface area (Å²) in [7, 11) is -2.05. The Morgan fingerprint density at radius 2 is 1.82 bits per heavy atom. The quantitative estimate of drug-likeness (QED) is 0.290. The monoisotopic (exact) mass is 477 g/mol. The minimum atomic E-state index is -3.52. The van der Waals surface area contributed by atoms with Crippen LogP contribution in [0.4, 0.5) is 11.4 Å². The van der Waals surface area contributed by atoms with E-state index in [4.69, 9.17) is 4.74 Å². The first-order valence-electron chi connectivity index (χ1n) is 10.9. The first kappa shape index (κ1) is 23.4. The number of aromatic amines is 1. The van der Waals surface area contributed by atoms with Crippen molar-refractivity contribution in [3.8, 4) is 5.75 Å². The highest BCUT2D eigenvalue weighted by atomic mass is 32.2. The molecule has 4 rings (SSSR count). The molecule has 0 aliphatic heterocycles. The third kappa shape index (κ3) is 4.92. The molecule has 1 atom stereocenters. The molecule has 176 valence electrons. The summed E-state index contributed by atoms with van der Waals surface area (Å²) in [6.07, 6.45) is 3.69. The first-order chi connectivity index (χ1) is 16.3. The second-order valence-corrected chi connectivity index (χ2v) is 9.79. The van der Waals surface area contributed by atoms with Crippen LogP contribution in [0.2, 0.25) is 0 Å². The van der Waals surface area contributed by atoms with Gasteiger partial charge in [0.05, 0.1) is 19.1 Å². The zero-order valence-electron chi connectivity index (χ0n) is 19.3. The minimum absolute atomic E-state index is 0.0980. The Balaban J connectivity index is 1.76. The van der Waals surface area contributed by atoms with Crippen LogP contribution in [0.3, 0.4) is 0 Å². The highest BCUT2D eigenvalue weighted by Crippen LogP contribution is 2.33. The molecule has 1 aromatic heterocycles. The van der Waals surface area contributed by atoms with E-state index < -0.39 is 16.1 Å². The predicted molar refractivity (Wildman–Crippen MR) is 136 cm³/mol. The second-order valence-electron chi connectivity index (χ2n) is 8.04. The van der Waals surface area contributed by atoms with Gasteiger partial charge in [-0.1, -0.05) is 55.5 Å². The zero-order chi connectivity index (χ0) is 24.3. The molecule has 0 radical (unpaired) electrons. The van der Waals surface area contributed by atoms with Crippen molar-refractivity contribution < 1.29 is 17.9 Å². The van der Waals surface area contributed by atoms with Crippen molar-refractivity contribution in [3.05, 3.63) is 89.6 Å². The highest BCUT2D eigenvalue weighted by molar-refractivity contribution is 7.92. The third-order valence-electron chi connectivity index (χ3n) is 5.65. The maximum Gasteiger partial charge on any atom is 0.229 e. The largest absolute Gasteiger partial charge is 0.495 e. The van der Waals surface area contributed by atoms with E-state index in [1.165, 1.54) is 7.11 Å². The molecule has 0 fully saturated rings. The SMILES string of the molecule is CCc1cccc2c(C(=O)[C@H](Nc3ccc(OC)c(NS(C)(=O)=O)c3)c3ccccc3)c[nH]c12. The van der Waals surface area contributed by atoms with E-state index >= 15 is 0 Å². The molecule has 3 N–H and O–H groups in total. The first-order valence-corrected chi connectivity index (χ1v) is 12.8. The maximum atomic E-state index is 13.8. The average Bonchev–Trinajstić information content (AvgIpc) is 3.26. The molecule has 0 spiro atoms. The van der Waals surface area contributed by atoms with Gasteiger partial charge >= 0.3 is 0 Å². The molecule has 4 aromatic rings. The number of ether oxygens (including phenoxy) is 1. The fraction of sp³-hybridized carbons (Fsp3) is 0.192. The number of methoxy groups -OCH3 is 1. The maximum absolute atomic E-state index is 13.8. The fourth-order valence-corrected chi connectivity index (χ4v) is 4.62. The number of Topliss-reactive ketones (excluding diaryl/α,β-unsaturated/α-hetero) is 1. The molecule has 0 bridgehead atoms. The summed E-state index contributed by atoms with van der Waals surface area (Å²) in [5.74, 6) is 0.279. The molecule has 1 heterocycles. The molecule has 3 aromatic carbocycles. The summed E-state index contributed by atoms with van der Waals surface area (Å²) in [6.45, 7) is 2.08. The van der Waals surface area contributed by atoms with Crippen LogP contribution in [0.25, 0.3) is 10.9 Å². The Kier molecular flexibility index (Phi) is 6.61. The zero-order valence-corrected chi connectivity index (χ0v) is 20.1. The van der Waals surface area contributed by atoms with Crippen LogP contribution in [0.15, 0.2) is 72.9 Å². The number of carbonyl (C=O) groups is 1.